The fourth-order valence-corrected chi connectivity index (χ4v) is 0.640. The van der Waals surface area contributed by atoms with Crippen LogP contribution in [0.2, 0.25) is 0 Å². The number of nitriles is 1. The zero-order valence-electron chi connectivity index (χ0n) is 4.65. The van der Waals surface area contributed by atoms with E-state index in [-0.39, 0.29) is 0 Å². The summed E-state index contributed by atoms with van der Waals surface area (Å²) in [5.74, 6) is 0. The number of hydrogen-bond donors (Lipinski definition) is 0. The highest BCUT2D eigenvalue weighted by Crippen LogP contribution is 2.09. The summed E-state index contributed by atoms with van der Waals surface area (Å²) < 4.78 is 0.979. The highest BCUT2D eigenvalue weighted by Gasteiger charge is 1.86. The molecule has 8 heavy (non-hydrogen) atoms. The van der Waals surface area contributed by atoms with Crippen molar-refractivity contribution in [2.24, 2.45) is 0 Å². The maximum absolute atomic E-state index is 8.08. The molecule has 0 saturated carbocycles. The van der Waals surface area contributed by atoms with E-state index in [9.17, 15) is 0 Å². The van der Waals surface area contributed by atoms with Crippen LogP contribution in [0.5, 0.6) is 0 Å². The van der Waals surface area contributed by atoms with E-state index in [0.717, 1.165) is 17.3 Å². The first kappa shape index (κ1) is 7.71. The minimum absolute atomic E-state index is 0.630. The van der Waals surface area contributed by atoms with Gasteiger partial charge in [-0.1, -0.05) is 22.5 Å². The Balaban J connectivity index is 2.97. The number of unbranched alkanes of at least 4 members (excludes halogenated alkanes) is 1. The van der Waals surface area contributed by atoms with Crippen LogP contribution in [0.15, 0.2) is 11.1 Å². The van der Waals surface area contributed by atoms with E-state index in [4.69, 9.17) is 5.26 Å². The third kappa shape index (κ3) is 5.71. The van der Waals surface area contributed by atoms with Crippen molar-refractivity contribution >= 4 is 15.9 Å². The first-order valence-corrected chi connectivity index (χ1v) is 3.27. The Morgan fingerprint density at radius 3 is 2.75 bits per heavy atom. The van der Waals surface area contributed by atoms with Gasteiger partial charge in [0, 0.05) is 6.42 Å². The zero-order chi connectivity index (χ0) is 6.41. The van der Waals surface area contributed by atoms with Gasteiger partial charge >= 0.3 is 0 Å². The minimum Gasteiger partial charge on any atom is -0.198 e. The van der Waals surface area contributed by atoms with Crippen LogP contribution in [0.4, 0.5) is 0 Å². The van der Waals surface area contributed by atoms with E-state index in [2.05, 4.69) is 28.6 Å². The lowest BCUT2D eigenvalue weighted by Crippen LogP contribution is -1.70. The van der Waals surface area contributed by atoms with Crippen molar-refractivity contribution in [1.29, 1.82) is 5.26 Å². The van der Waals surface area contributed by atoms with Gasteiger partial charge in [-0.2, -0.15) is 5.26 Å². The van der Waals surface area contributed by atoms with Gasteiger partial charge in [-0.15, -0.1) is 0 Å². The molecule has 0 bridgehead atoms. The largest absolute Gasteiger partial charge is 0.198 e. The van der Waals surface area contributed by atoms with Gasteiger partial charge in [0.25, 0.3) is 0 Å². The molecular formula is C6H8BrN. The molecule has 0 fully saturated rings. The van der Waals surface area contributed by atoms with Crippen molar-refractivity contribution < 1.29 is 0 Å². The Morgan fingerprint density at radius 2 is 2.38 bits per heavy atom. The van der Waals surface area contributed by atoms with Crippen molar-refractivity contribution in [1.82, 2.24) is 0 Å². The Labute approximate surface area is 58.1 Å². The predicted octanol–water partition coefficient (Wildman–Crippen LogP) is 2.59. The highest BCUT2D eigenvalue weighted by molar-refractivity contribution is 9.11. The fourth-order valence-electron chi connectivity index (χ4n) is 0.359. The van der Waals surface area contributed by atoms with Crippen LogP contribution in [0.3, 0.4) is 0 Å². The first-order chi connectivity index (χ1) is 3.77. The number of hydrogen-bond acceptors (Lipinski definition) is 1. The van der Waals surface area contributed by atoms with E-state index >= 15 is 0 Å². The van der Waals surface area contributed by atoms with Crippen LogP contribution < -0.4 is 0 Å². The van der Waals surface area contributed by atoms with Crippen LogP contribution in [0.25, 0.3) is 0 Å². The van der Waals surface area contributed by atoms with Crippen LogP contribution in [0.1, 0.15) is 19.3 Å². The maximum Gasteiger partial charge on any atom is 0.0621 e. The molecule has 0 rings (SSSR count). The van der Waals surface area contributed by atoms with E-state index in [1.165, 1.54) is 0 Å². The zero-order valence-corrected chi connectivity index (χ0v) is 6.24. The quantitative estimate of drug-likeness (QED) is 0.603. The third-order valence-electron chi connectivity index (χ3n) is 0.737. The summed E-state index contributed by atoms with van der Waals surface area (Å²) in [7, 11) is 0. The van der Waals surface area contributed by atoms with Gasteiger partial charge in [-0.05, 0) is 17.3 Å². The lowest BCUT2D eigenvalue weighted by molar-refractivity contribution is 0.872. The molecule has 0 N–H and O–H groups in total. The Bertz CT molecular complexity index is 112. The predicted molar refractivity (Wildman–Crippen MR) is 37.5 cm³/mol. The second-order valence-corrected chi connectivity index (χ2v) is 2.65. The van der Waals surface area contributed by atoms with Gasteiger partial charge < -0.3 is 0 Å². The second-order valence-electron chi connectivity index (χ2n) is 1.53. The van der Waals surface area contributed by atoms with Crippen molar-refractivity contribution in [3.63, 3.8) is 0 Å². The average Bonchev–Trinajstić information content (AvgIpc) is 1.66. The molecule has 0 aromatic heterocycles. The molecule has 0 radical (unpaired) electrons. The molecule has 0 aliphatic rings. The van der Waals surface area contributed by atoms with E-state index in [1.807, 2.05) is 0 Å². The summed E-state index contributed by atoms with van der Waals surface area (Å²) in [6, 6.07) is 2.06. The molecule has 1 nitrogen and oxygen atoms in total. The smallest absolute Gasteiger partial charge is 0.0621 e. The Morgan fingerprint density at radius 1 is 1.75 bits per heavy atom. The minimum atomic E-state index is 0.630. The molecule has 0 heterocycles. The molecule has 44 valence electrons. The summed E-state index contributed by atoms with van der Waals surface area (Å²) in [5.41, 5.74) is 0. The van der Waals surface area contributed by atoms with Crippen molar-refractivity contribution in [3.8, 4) is 6.07 Å². The lowest BCUT2D eigenvalue weighted by atomic mass is 10.2. The molecule has 0 spiro atoms. The van der Waals surface area contributed by atoms with Crippen LogP contribution in [0, 0.1) is 11.3 Å². The van der Waals surface area contributed by atoms with Crippen molar-refractivity contribution in [3.05, 3.63) is 11.1 Å². The van der Waals surface area contributed by atoms with Crippen molar-refractivity contribution in [2.45, 2.75) is 19.3 Å². The van der Waals surface area contributed by atoms with Gasteiger partial charge in [0.2, 0.25) is 0 Å². The van der Waals surface area contributed by atoms with Gasteiger partial charge in [-0.3, -0.25) is 0 Å². The summed E-state index contributed by atoms with van der Waals surface area (Å²) in [4.78, 5) is 0. The normalized spacial score (nSPS) is 8.00. The number of rotatable bonds is 3. The molecular weight excluding hydrogens is 166 g/mol. The molecule has 0 aliphatic carbocycles. The lowest BCUT2D eigenvalue weighted by Gasteiger charge is -1.88. The van der Waals surface area contributed by atoms with Crippen LogP contribution >= 0.6 is 15.9 Å². The topological polar surface area (TPSA) is 23.8 Å². The summed E-state index contributed by atoms with van der Waals surface area (Å²) in [6.07, 6.45) is 2.46. The average molecular weight is 174 g/mol. The summed E-state index contributed by atoms with van der Waals surface area (Å²) in [6.45, 7) is 3.63. The Kier molecular flexibility index (Phi) is 4.68. The molecule has 0 aliphatic heterocycles. The molecule has 2 heteroatoms. The summed E-state index contributed by atoms with van der Waals surface area (Å²) in [5, 5.41) is 8.08. The number of allylic oxidation sites excluding steroid dienone is 1. The SMILES string of the molecule is C=C(Br)CCCC#N. The molecule has 0 unspecified atom stereocenters. The van der Waals surface area contributed by atoms with Crippen LogP contribution in [-0.4, -0.2) is 0 Å². The molecule has 0 amide bonds. The molecule has 0 aromatic carbocycles. The monoisotopic (exact) mass is 173 g/mol. The van der Waals surface area contributed by atoms with Crippen LogP contribution in [-0.2, 0) is 0 Å². The highest BCUT2D eigenvalue weighted by atomic mass is 79.9. The maximum atomic E-state index is 8.08. The number of nitrogens with zero attached hydrogens (tertiary/aromatic N) is 1. The van der Waals surface area contributed by atoms with Gasteiger partial charge in [0.1, 0.15) is 0 Å². The summed E-state index contributed by atoms with van der Waals surface area (Å²) >= 11 is 3.20. The van der Waals surface area contributed by atoms with Gasteiger partial charge in [-0.25, -0.2) is 0 Å². The molecule has 0 saturated heterocycles. The van der Waals surface area contributed by atoms with Crippen molar-refractivity contribution in [2.75, 3.05) is 0 Å². The van der Waals surface area contributed by atoms with Gasteiger partial charge in [0.15, 0.2) is 0 Å². The Hall–Kier alpha value is -0.290. The first-order valence-electron chi connectivity index (χ1n) is 2.47. The van der Waals surface area contributed by atoms with E-state index in [1.54, 1.807) is 0 Å². The molecule has 0 atom stereocenters. The number of halogens is 1. The van der Waals surface area contributed by atoms with Gasteiger partial charge in [0.05, 0.1) is 6.07 Å². The standard InChI is InChI=1S/C6H8BrN/c1-6(7)4-2-3-5-8/h1-4H2. The van der Waals surface area contributed by atoms with E-state index < -0.39 is 0 Å². The van der Waals surface area contributed by atoms with E-state index in [0.29, 0.717) is 6.42 Å². The second kappa shape index (κ2) is 4.86. The third-order valence-corrected chi connectivity index (χ3v) is 1.13. The fraction of sp³-hybridized carbons (Fsp3) is 0.500. The molecule has 0 aromatic rings.